The Labute approximate surface area is 673 Å². The van der Waals surface area contributed by atoms with E-state index in [1.54, 1.807) is 0 Å². The predicted octanol–water partition coefficient (Wildman–Crippen LogP) is 28.3. The molecule has 6 heteroatoms. The fraction of sp³-hybridized carbons (Fsp3) is 0.222. The zero-order valence-electron chi connectivity index (χ0n) is 69.4. The maximum absolute atomic E-state index is 7.18. The van der Waals surface area contributed by atoms with Gasteiger partial charge in [-0.05, 0) is 224 Å². The lowest BCUT2D eigenvalue weighted by molar-refractivity contribution is 0.569. The quantitative estimate of drug-likeness (QED) is 0.142. The lowest BCUT2D eigenvalue weighted by Gasteiger charge is -2.45. The number of hydrogen-bond donors (Lipinski definition) is 0. The Bertz CT molecular complexity index is 6690. The molecule has 0 saturated carbocycles. The van der Waals surface area contributed by atoms with Crippen molar-refractivity contribution >= 4 is 123 Å². The SMILES string of the molecule is CC(C)(C)c1cccc(-c2cc3c4c(c2)N(c2cc(-c5ccccc5C(C)(C)C)cc5c2c2ccccc2n5-c2ccccc2)c2cc(-c5cc(C(C)(C)C)cc(C(C)(C)C)c5)ccc2B4c2ccc(-n4c5ccc(C(C)(C)C)cc5c5cc(C(C)(C)C)ccc54)cc2N3c2c(-c3ccccc3)ccc3oc4ccccc4c23)c1. The van der Waals surface area contributed by atoms with Crippen LogP contribution in [0.25, 0.3) is 121 Å². The first-order valence-electron chi connectivity index (χ1n) is 41.0. The molecule has 19 rings (SSSR count). The van der Waals surface area contributed by atoms with Crippen molar-refractivity contribution in [2.24, 2.45) is 0 Å². The molecule has 17 aromatic rings. The van der Waals surface area contributed by atoms with Crippen molar-refractivity contribution in [3.63, 3.8) is 0 Å². The first-order valence-corrected chi connectivity index (χ1v) is 41.0. The summed E-state index contributed by atoms with van der Waals surface area (Å²) < 4.78 is 12.3. The zero-order chi connectivity index (χ0) is 79.2. The van der Waals surface area contributed by atoms with Crippen molar-refractivity contribution in [1.82, 2.24) is 9.13 Å². The minimum atomic E-state index is -0.287. The molecule has 0 N–H and O–H groups in total. The van der Waals surface area contributed by atoms with E-state index in [9.17, 15) is 0 Å². The summed E-state index contributed by atoms with van der Waals surface area (Å²) >= 11 is 0. The van der Waals surface area contributed by atoms with Gasteiger partial charge in [-0.3, -0.25) is 0 Å². The van der Waals surface area contributed by atoms with E-state index in [1.165, 1.54) is 99.0 Å². The molecule has 0 aliphatic carbocycles. The number of nitrogens with zero attached hydrogens (tertiary/aromatic N) is 4. The van der Waals surface area contributed by atoms with Crippen LogP contribution in [-0.2, 0) is 32.5 Å². The number of aromatic nitrogens is 2. The summed E-state index contributed by atoms with van der Waals surface area (Å²) in [5, 5.41) is 6.98. The van der Waals surface area contributed by atoms with Crippen LogP contribution >= 0.6 is 0 Å². The van der Waals surface area contributed by atoms with Gasteiger partial charge in [0.05, 0.1) is 38.8 Å². The van der Waals surface area contributed by atoms with Gasteiger partial charge in [-0.25, -0.2) is 0 Å². The smallest absolute Gasteiger partial charge is 0.252 e. The van der Waals surface area contributed by atoms with E-state index in [0.717, 1.165) is 106 Å². The fourth-order valence-electron chi connectivity index (χ4n) is 18.6. The highest BCUT2D eigenvalue weighted by molar-refractivity contribution is 7.00. The Morgan fingerprint density at radius 2 is 0.754 bits per heavy atom. The summed E-state index contributed by atoms with van der Waals surface area (Å²) in [6, 6.07) is 110. The number of anilines is 6. The Balaban J connectivity index is 1.02. The Morgan fingerprint density at radius 3 is 1.40 bits per heavy atom. The van der Waals surface area contributed by atoms with Gasteiger partial charge in [0.25, 0.3) is 6.71 Å². The molecule has 0 spiro atoms. The van der Waals surface area contributed by atoms with Gasteiger partial charge in [-0.2, -0.15) is 0 Å². The van der Waals surface area contributed by atoms with Gasteiger partial charge in [-0.15, -0.1) is 0 Å². The van der Waals surface area contributed by atoms with E-state index in [-0.39, 0.29) is 39.2 Å². The molecule has 0 saturated heterocycles. The lowest BCUT2D eigenvalue weighted by Crippen LogP contribution is -2.61. The molecule has 0 radical (unpaired) electrons. The van der Waals surface area contributed by atoms with E-state index >= 15 is 0 Å². The second-order valence-corrected chi connectivity index (χ2v) is 38.7. The van der Waals surface area contributed by atoms with Crippen LogP contribution in [0.4, 0.5) is 34.1 Å². The van der Waals surface area contributed by atoms with Gasteiger partial charge in [0, 0.05) is 66.6 Å². The standard InChI is InChI=1S/C108H101BN4O/c1-103(2,3)72-35-31-34-67(54-72)70-58-95-101-96(59-70)113(102-80(66-32-21-19-22-33-66)48-53-98-100(102)82-40-27-30-43-97(82)114-98)92-65-78(111-89-51-45-73(104(4,5)6)63-83(89)84-64-74(105(7,8)9)46-52-90(84)111)47-50-87(92)109(101)86-49-44-68(69-55-75(106(10,11)12)62-76(56-69)107(13,14)15)57-91(86)112(95)94-61-71(79-38-25-28-41-85(79)108(16,17)18)60-93-99(94)81-39-26-29-42-88(81)110(93)77-36-23-20-24-37-77/h19-65H,1-18H3. The number of rotatable bonds is 8. The van der Waals surface area contributed by atoms with E-state index < -0.39 is 0 Å². The summed E-state index contributed by atoms with van der Waals surface area (Å²) in [5.74, 6) is 0. The number of benzene rings is 14. The monoisotopic (exact) mass is 1480 g/mol. The summed E-state index contributed by atoms with van der Waals surface area (Å²) in [4.78, 5) is 5.45. The third kappa shape index (κ3) is 11.9. The Morgan fingerprint density at radius 1 is 0.254 bits per heavy atom. The van der Waals surface area contributed by atoms with Gasteiger partial charge < -0.3 is 23.4 Å². The topological polar surface area (TPSA) is 29.5 Å². The first-order chi connectivity index (χ1) is 54.3. The third-order valence-corrected chi connectivity index (χ3v) is 24.7. The van der Waals surface area contributed by atoms with Gasteiger partial charge in [0.1, 0.15) is 11.2 Å². The average Bonchev–Trinajstić information content (AvgIpc) is 1.01. The van der Waals surface area contributed by atoms with Gasteiger partial charge in [0.2, 0.25) is 0 Å². The van der Waals surface area contributed by atoms with E-state index in [0.29, 0.717) is 0 Å². The van der Waals surface area contributed by atoms with Crippen molar-refractivity contribution in [1.29, 1.82) is 0 Å². The summed E-state index contributed by atoms with van der Waals surface area (Å²) in [5.41, 5.74) is 35.1. The van der Waals surface area contributed by atoms with Crippen LogP contribution in [0, 0.1) is 0 Å². The van der Waals surface area contributed by atoms with Crippen molar-refractivity contribution < 1.29 is 4.42 Å². The zero-order valence-corrected chi connectivity index (χ0v) is 69.4. The molecule has 5 nitrogen and oxygen atoms in total. The van der Waals surface area contributed by atoms with Gasteiger partial charge in [0.15, 0.2) is 0 Å². The van der Waals surface area contributed by atoms with Crippen LogP contribution in [0.15, 0.2) is 290 Å². The number of hydrogen-bond acceptors (Lipinski definition) is 3. The average molecular weight is 1480 g/mol. The van der Waals surface area contributed by atoms with Crippen LogP contribution in [-0.4, -0.2) is 15.8 Å². The molecule has 5 heterocycles. The summed E-state index contributed by atoms with van der Waals surface area (Å²) in [6.07, 6.45) is 0. The largest absolute Gasteiger partial charge is 0.456 e. The Kier molecular flexibility index (Phi) is 16.4. The molecule has 0 unspecified atom stereocenters. The van der Waals surface area contributed by atoms with Gasteiger partial charge >= 0.3 is 0 Å². The molecule has 2 aliphatic rings. The van der Waals surface area contributed by atoms with Crippen LogP contribution in [0.1, 0.15) is 158 Å². The summed E-state index contributed by atoms with van der Waals surface area (Å²) in [6.45, 7) is 42.0. The highest BCUT2D eigenvalue weighted by Crippen LogP contribution is 2.56. The van der Waals surface area contributed by atoms with E-state index in [1.807, 2.05) is 0 Å². The second kappa shape index (κ2) is 25.8. The normalized spacial score (nSPS) is 13.5. The second-order valence-electron chi connectivity index (χ2n) is 38.7. The van der Waals surface area contributed by atoms with Crippen LogP contribution < -0.4 is 26.2 Å². The molecule has 562 valence electrons. The molecule has 0 amide bonds. The minimum absolute atomic E-state index is 0.0730. The Hall–Kier alpha value is -11.9. The molecule has 2 aliphatic heterocycles. The number of furan rings is 1. The van der Waals surface area contributed by atoms with Crippen LogP contribution in [0.5, 0.6) is 0 Å². The fourth-order valence-corrected chi connectivity index (χ4v) is 18.6. The molecular weight excluding hydrogens is 1380 g/mol. The molecule has 3 aromatic heterocycles. The number of para-hydroxylation sites is 3. The third-order valence-electron chi connectivity index (χ3n) is 24.7. The van der Waals surface area contributed by atoms with Crippen LogP contribution in [0.3, 0.4) is 0 Å². The molecule has 114 heavy (non-hydrogen) atoms. The maximum Gasteiger partial charge on any atom is 0.252 e. The molecular formula is C108H101BN4O. The molecule has 0 atom stereocenters. The van der Waals surface area contributed by atoms with Crippen molar-refractivity contribution in [3.8, 4) is 55.9 Å². The first kappa shape index (κ1) is 72.4. The maximum atomic E-state index is 7.18. The highest BCUT2D eigenvalue weighted by Gasteiger charge is 2.46. The van der Waals surface area contributed by atoms with E-state index in [2.05, 4.69) is 429 Å². The lowest BCUT2D eigenvalue weighted by atomic mass is 9.33. The minimum Gasteiger partial charge on any atom is -0.456 e. The van der Waals surface area contributed by atoms with Crippen LogP contribution in [0.2, 0.25) is 0 Å². The van der Waals surface area contributed by atoms with Crippen molar-refractivity contribution in [3.05, 3.63) is 318 Å². The predicted molar refractivity (Wildman–Crippen MR) is 490 cm³/mol. The van der Waals surface area contributed by atoms with Crippen molar-refractivity contribution in [2.75, 3.05) is 9.80 Å². The number of fused-ring (bicyclic) bond motifs is 13. The van der Waals surface area contributed by atoms with E-state index in [4.69, 9.17) is 4.42 Å². The van der Waals surface area contributed by atoms with Gasteiger partial charge in [-0.1, -0.05) is 307 Å². The molecule has 14 aromatic carbocycles. The van der Waals surface area contributed by atoms with Crippen molar-refractivity contribution in [2.45, 2.75) is 157 Å². The highest BCUT2D eigenvalue weighted by atomic mass is 16.3. The summed E-state index contributed by atoms with van der Waals surface area (Å²) in [7, 11) is 0. The molecule has 0 bridgehead atoms. The molecule has 0 fully saturated rings.